The van der Waals surface area contributed by atoms with E-state index >= 15 is 0 Å². The second-order valence-corrected chi connectivity index (χ2v) is 5.93. The first-order valence-electron chi connectivity index (χ1n) is 6.18. The summed E-state index contributed by atoms with van der Waals surface area (Å²) >= 11 is 0. The van der Waals surface area contributed by atoms with Crippen LogP contribution in [0.25, 0.3) is 0 Å². The Balaban J connectivity index is 2.23. The van der Waals surface area contributed by atoms with E-state index in [9.17, 15) is 4.79 Å². The quantitative estimate of drug-likeness (QED) is 0.635. The third kappa shape index (κ3) is 5.76. The smallest absolute Gasteiger partial charge is 0.155 e. The number of carbonyl (C=O) groups excluding carboxylic acids is 1. The monoisotopic (exact) mass is 208 g/mol. The summed E-state index contributed by atoms with van der Waals surface area (Å²) in [4.78, 5) is 11.6. The van der Waals surface area contributed by atoms with Crippen LogP contribution in [-0.2, 0) is 4.79 Å². The van der Waals surface area contributed by atoms with E-state index in [-0.39, 0.29) is 5.41 Å². The lowest BCUT2D eigenvalue weighted by molar-refractivity contribution is -0.115. The van der Waals surface area contributed by atoms with Crippen molar-refractivity contribution < 1.29 is 4.79 Å². The van der Waals surface area contributed by atoms with Crippen LogP contribution in [0.5, 0.6) is 0 Å². The zero-order chi connectivity index (χ0) is 11.3. The Kier molecular flexibility index (Phi) is 4.56. The summed E-state index contributed by atoms with van der Waals surface area (Å²) in [6, 6.07) is 0. The van der Waals surface area contributed by atoms with Crippen molar-refractivity contribution in [1.29, 1.82) is 0 Å². The number of rotatable bonds is 4. The van der Waals surface area contributed by atoms with Crippen molar-refractivity contribution in [2.45, 2.75) is 59.3 Å². The lowest BCUT2D eigenvalue weighted by Gasteiger charge is -2.16. The molecule has 15 heavy (non-hydrogen) atoms. The predicted octanol–water partition coefficient (Wildman–Crippen LogP) is 4.13. The number of carbonyl (C=O) groups is 1. The summed E-state index contributed by atoms with van der Waals surface area (Å²) in [5.41, 5.74) is 0.275. The van der Waals surface area contributed by atoms with Crippen LogP contribution < -0.4 is 0 Å². The molecule has 1 aliphatic carbocycles. The molecule has 1 aliphatic rings. The van der Waals surface area contributed by atoms with E-state index in [4.69, 9.17) is 0 Å². The van der Waals surface area contributed by atoms with Gasteiger partial charge in [-0.1, -0.05) is 39.7 Å². The molecule has 1 saturated carbocycles. The molecule has 1 fully saturated rings. The Labute approximate surface area is 93.9 Å². The fraction of sp³-hybridized carbons (Fsp3) is 0.786. The zero-order valence-corrected chi connectivity index (χ0v) is 10.4. The Morgan fingerprint density at radius 2 is 1.87 bits per heavy atom. The van der Waals surface area contributed by atoms with E-state index in [0.29, 0.717) is 18.1 Å². The molecule has 86 valence electrons. The van der Waals surface area contributed by atoms with Crippen molar-refractivity contribution in [3.8, 4) is 0 Å². The molecule has 1 nitrogen and oxygen atoms in total. The Morgan fingerprint density at radius 1 is 1.27 bits per heavy atom. The van der Waals surface area contributed by atoms with Gasteiger partial charge in [0.05, 0.1) is 0 Å². The van der Waals surface area contributed by atoms with Gasteiger partial charge in [0, 0.05) is 6.42 Å². The number of hydrogen-bond donors (Lipinski definition) is 0. The van der Waals surface area contributed by atoms with Gasteiger partial charge in [-0.25, -0.2) is 0 Å². The molecular weight excluding hydrogens is 184 g/mol. The highest BCUT2D eigenvalue weighted by Gasteiger charge is 2.13. The van der Waals surface area contributed by atoms with Crippen LogP contribution >= 0.6 is 0 Å². The van der Waals surface area contributed by atoms with Gasteiger partial charge in [-0.2, -0.15) is 0 Å². The molecule has 0 spiro atoms. The summed E-state index contributed by atoms with van der Waals surface area (Å²) < 4.78 is 0. The van der Waals surface area contributed by atoms with Gasteiger partial charge in [0.2, 0.25) is 0 Å². The maximum Gasteiger partial charge on any atom is 0.155 e. The third-order valence-electron chi connectivity index (χ3n) is 3.08. The summed E-state index contributed by atoms with van der Waals surface area (Å²) in [5.74, 6) is 0.986. The number of hydrogen-bond acceptors (Lipinski definition) is 1. The third-order valence-corrected chi connectivity index (χ3v) is 3.08. The second kappa shape index (κ2) is 5.48. The van der Waals surface area contributed by atoms with Crippen LogP contribution in [0.15, 0.2) is 12.2 Å². The van der Waals surface area contributed by atoms with E-state index < -0.39 is 0 Å². The first kappa shape index (κ1) is 12.5. The molecule has 0 amide bonds. The van der Waals surface area contributed by atoms with E-state index in [1.807, 2.05) is 6.08 Å². The molecule has 0 heterocycles. The second-order valence-electron chi connectivity index (χ2n) is 5.93. The maximum atomic E-state index is 11.6. The molecule has 0 atom stereocenters. The predicted molar refractivity (Wildman–Crippen MR) is 64.8 cm³/mol. The fourth-order valence-corrected chi connectivity index (χ4v) is 1.97. The fourth-order valence-electron chi connectivity index (χ4n) is 1.97. The largest absolute Gasteiger partial charge is 0.295 e. The van der Waals surface area contributed by atoms with Crippen molar-refractivity contribution in [3.63, 3.8) is 0 Å². The summed E-state index contributed by atoms with van der Waals surface area (Å²) in [6.07, 6.45) is 10.9. The molecule has 0 aromatic heterocycles. The maximum absolute atomic E-state index is 11.6. The molecule has 0 radical (unpaired) electrons. The van der Waals surface area contributed by atoms with E-state index in [0.717, 1.165) is 6.42 Å². The van der Waals surface area contributed by atoms with Crippen LogP contribution in [0.2, 0.25) is 0 Å². The topological polar surface area (TPSA) is 17.1 Å². The Morgan fingerprint density at radius 3 is 2.40 bits per heavy atom. The molecular formula is C14H24O. The molecule has 0 N–H and O–H groups in total. The summed E-state index contributed by atoms with van der Waals surface area (Å²) in [5, 5.41) is 0. The van der Waals surface area contributed by atoms with E-state index in [1.54, 1.807) is 0 Å². The van der Waals surface area contributed by atoms with Gasteiger partial charge >= 0.3 is 0 Å². The SMILES string of the molecule is CC(C)(C)CCC(=O)/C=C/C1CCCC1. The molecule has 0 aromatic rings. The molecule has 0 aromatic carbocycles. The molecule has 0 bridgehead atoms. The van der Waals surface area contributed by atoms with Crippen LogP contribution in [0, 0.1) is 11.3 Å². The van der Waals surface area contributed by atoms with Gasteiger partial charge in [0.15, 0.2) is 5.78 Å². The highest BCUT2D eigenvalue weighted by atomic mass is 16.1. The molecule has 1 rings (SSSR count). The van der Waals surface area contributed by atoms with Crippen molar-refractivity contribution in [2.24, 2.45) is 11.3 Å². The number of allylic oxidation sites excluding steroid dienone is 2. The van der Waals surface area contributed by atoms with Gasteiger partial charge in [0.25, 0.3) is 0 Å². The highest BCUT2D eigenvalue weighted by molar-refractivity contribution is 5.89. The minimum Gasteiger partial charge on any atom is -0.295 e. The van der Waals surface area contributed by atoms with Gasteiger partial charge < -0.3 is 0 Å². The molecule has 0 unspecified atom stereocenters. The normalized spacial score (nSPS) is 18.9. The summed E-state index contributed by atoms with van der Waals surface area (Å²) in [6.45, 7) is 6.54. The van der Waals surface area contributed by atoms with Crippen molar-refractivity contribution in [3.05, 3.63) is 12.2 Å². The van der Waals surface area contributed by atoms with Crippen LogP contribution in [-0.4, -0.2) is 5.78 Å². The van der Waals surface area contributed by atoms with Gasteiger partial charge in [-0.05, 0) is 36.7 Å². The van der Waals surface area contributed by atoms with Crippen molar-refractivity contribution in [2.75, 3.05) is 0 Å². The first-order chi connectivity index (χ1) is 6.97. The lowest BCUT2D eigenvalue weighted by atomic mass is 9.89. The Bertz CT molecular complexity index is 226. The molecule has 0 saturated heterocycles. The minimum absolute atomic E-state index is 0.275. The molecule has 0 aliphatic heterocycles. The zero-order valence-electron chi connectivity index (χ0n) is 10.4. The van der Waals surface area contributed by atoms with Crippen molar-refractivity contribution in [1.82, 2.24) is 0 Å². The summed E-state index contributed by atoms with van der Waals surface area (Å²) in [7, 11) is 0. The van der Waals surface area contributed by atoms with E-state index in [1.165, 1.54) is 25.7 Å². The minimum atomic E-state index is 0.275. The highest BCUT2D eigenvalue weighted by Crippen LogP contribution is 2.26. The van der Waals surface area contributed by atoms with Crippen LogP contribution in [0.4, 0.5) is 0 Å². The van der Waals surface area contributed by atoms with Crippen LogP contribution in [0.1, 0.15) is 59.3 Å². The first-order valence-corrected chi connectivity index (χ1v) is 6.18. The average molecular weight is 208 g/mol. The van der Waals surface area contributed by atoms with Gasteiger partial charge in [0.1, 0.15) is 0 Å². The van der Waals surface area contributed by atoms with Crippen molar-refractivity contribution >= 4 is 5.78 Å². The average Bonchev–Trinajstić information content (AvgIpc) is 2.62. The standard InChI is InChI=1S/C14H24O/c1-14(2,3)11-10-13(15)9-8-12-6-4-5-7-12/h8-9,12H,4-7,10-11H2,1-3H3/b9-8+. The van der Waals surface area contributed by atoms with Crippen LogP contribution in [0.3, 0.4) is 0 Å². The van der Waals surface area contributed by atoms with Gasteiger partial charge in [-0.3, -0.25) is 4.79 Å². The molecule has 1 heteroatoms. The Hall–Kier alpha value is -0.590. The van der Waals surface area contributed by atoms with E-state index in [2.05, 4.69) is 26.8 Å². The van der Waals surface area contributed by atoms with Gasteiger partial charge in [-0.15, -0.1) is 0 Å². The lowest BCUT2D eigenvalue weighted by Crippen LogP contribution is -2.07. The number of ketones is 1.